The van der Waals surface area contributed by atoms with Gasteiger partial charge in [-0.05, 0) is 30.5 Å². The highest BCUT2D eigenvalue weighted by molar-refractivity contribution is 5.76. The predicted octanol–water partition coefficient (Wildman–Crippen LogP) is 1.56. The summed E-state index contributed by atoms with van der Waals surface area (Å²) in [6, 6.07) is 6.72. The topological polar surface area (TPSA) is 54.5 Å². The Kier molecular flexibility index (Phi) is 6.34. The number of hydrogen-bond donors (Lipinski definition) is 0. The number of piperazine rings is 1. The molecule has 0 spiro atoms. The van der Waals surface area contributed by atoms with Gasteiger partial charge in [0.1, 0.15) is 0 Å². The van der Waals surface area contributed by atoms with Crippen LogP contribution >= 0.6 is 0 Å². The van der Waals surface area contributed by atoms with Crippen LogP contribution in [0, 0.1) is 0 Å². The van der Waals surface area contributed by atoms with E-state index >= 15 is 0 Å². The van der Waals surface area contributed by atoms with Crippen LogP contribution < -0.4 is 9.47 Å². The average Bonchev–Trinajstić information content (AvgIpc) is 3.20. The standard InChI is InChI=1S/C21H31N3O4/c1-26-12-6-21(25)24-7-2-3-18(15-24)23-10-8-22(9-11-23)14-17-4-5-19-20(13-17)28-16-27-19/h4-5,13,18H,2-3,6-12,14-16H2,1H3. The highest BCUT2D eigenvalue weighted by Crippen LogP contribution is 2.33. The highest BCUT2D eigenvalue weighted by Gasteiger charge is 2.29. The fourth-order valence-corrected chi connectivity index (χ4v) is 4.41. The molecule has 0 aromatic heterocycles. The van der Waals surface area contributed by atoms with Crippen molar-refractivity contribution in [1.82, 2.24) is 14.7 Å². The van der Waals surface area contributed by atoms with Crippen LogP contribution in [0.3, 0.4) is 0 Å². The van der Waals surface area contributed by atoms with Crippen molar-refractivity contribution in [2.75, 3.05) is 59.8 Å². The smallest absolute Gasteiger partial charge is 0.231 e. The number of benzene rings is 1. The molecule has 3 aliphatic heterocycles. The van der Waals surface area contributed by atoms with E-state index in [0.29, 0.717) is 25.9 Å². The Morgan fingerprint density at radius 1 is 1.14 bits per heavy atom. The minimum absolute atomic E-state index is 0.230. The van der Waals surface area contributed by atoms with Crippen molar-refractivity contribution in [3.63, 3.8) is 0 Å². The van der Waals surface area contributed by atoms with Gasteiger partial charge in [0.05, 0.1) is 13.0 Å². The lowest BCUT2D eigenvalue weighted by Crippen LogP contribution is -2.55. The van der Waals surface area contributed by atoms with Crippen molar-refractivity contribution >= 4 is 5.91 Å². The van der Waals surface area contributed by atoms with E-state index in [1.54, 1.807) is 7.11 Å². The number of ether oxygens (including phenoxy) is 3. The quantitative estimate of drug-likeness (QED) is 0.736. The molecule has 0 bridgehead atoms. The van der Waals surface area contributed by atoms with Crippen LogP contribution in [0.4, 0.5) is 0 Å². The average molecular weight is 389 g/mol. The van der Waals surface area contributed by atoms with Crippen molar-refractivity contribution < 1.29 is 19.0 Å². The molecule has 0 aliphatic carbocycles. The maximum absolute atomic E-state index is 12.3. The largest absolute Gasteiger partial charge is 0.454 e. The van der Waals surface area contributed by atoms with Crippen LogP contribution in [0.5, 0.6) is 11.5 Å². The number of piperidine rings is 1. The van der Waals surface area contributed by atoms with Crippen molar-refractivity contribution in [3.05, 3.63) is 23.8 Å². The Labute approximate surface area is 167 Å². The van der Waals surface area contributed by atoms with Gasteiger partial charge in [-0.1, -0.05) is 6.07 Å². The van der Waals surface area contributed by atoms with Gasteiger partial charge in [-0.3, -0.25) is 14.6 Å². The number of likely N-dealkylation sites (tertiary alicyclic amines) is 1. The van der Waals surface area contributed by atoms with E-state index in [4.69, 9.17) is 14.2 Å². The molecule has 0 radical (unpaired) electrons. The monoisotopic (exact) mass is 389 g/mol. The minimum atomic E-state index is 0.230. The number of hydrogen-bond acceptors (Lipinski definition) is 6. The van der Waals surface area contributed by atoms with E-state index in [0.717, 1.165) is 63.7 Å². The molecule has 1 amide bonds. The number of nitrogens with zero attached hydrogens (tertiary/aromatic N) is 3. The summed E-state index contributed by atoms with van der Waals surface area (Å²) in [5, 5.41) is 0. The lowest BCUT2D eigenvalue weighted by atomic mass is 10.0. The van der Waals surface area contributed by atoms with Gasteiger partial charge in [-0.15, -0.1) is 0 Å². The van der Waals surface area contributed by atoms with Crippen molar-refractivity contribution in [2.24, 2.45) is 0 Å². The summed E-state index contributed by atoms with van der Waals surface area (Å²) in [6.07, 6.45) is 2.78. The number of carbonyl (C=O) groups is 1. The van der Waals surface area contributed by atoms with Gasteiger partial charge in [0.2, 0.25) is 12.7 Å². The second-order valence-corrected chi connectivity index (χ2v) is 7.88. The van der Waals surface area contributed by atoms with E-state index in [9.17, 15) is 4.79 Å². The number of rotatable bonds is 6. The van der Waals surface area contributed by atoms with E-state index in [1.165, 1.54) is 12.0 Å². The summed E-state index contributed by atoms with van der Waals surface area (Å²) in [5.74, 6) is 1.93. The fraction of sp³-hybridized carbons (Fsp3) is 0.667. The molecular weight excluding hydrogens is 358 g/mol. The third-order valence-corrected chi connectivity index (χ3v) is 6.04. The molecule has 7 nitrogen and oxygen atoms in total. The van der Waals surface area contributed by atoms with Crippen LogP contribution in [-0.4, -0.2) is 86.4 Å². The predicted molar refractivity (Wildman–Crippen MR) is 106 cm³/mol. The Balaban J connectivity index is 1.25. The summed E-state index contributed by atoms with van der Waals surface area (Å²) in [6.45, 7) is 7.78. The summed E-state index contributed by atoms with van der Waals surface area (Å²) >= 11 is 0. The second-order valence-electron chi connectivity index (χ2n) is 7.88. The van der Waals surface area contributed by atoms with E-state index in [2.05, 4.69) is 21.9 Å². The van der Waals surface area contributed by atoms with Crippen LogP contribution in [0.25, 0.3) is 0 Å². The first-order valence-corrected chi connectivity index (χ1v) is 10.3. The zero-order valence-corrected chi connectivity index (χ0v) is 16.8. The van der Waals surface area contributed by atoms with Crippen LogP contribution in [-0.2, 0) is 16.1 Å². The van der Waals surface area contributed by atoms with E-state index in [1.807, 2.05) is 11.0 Å². The first-order valence-electron chi connectivity index (χ1n) is 10.3. The van der Waals surface area contributed by atoms with Crippen molar-refractivity contribution in [3.8, 4) is 11.5 Å². The Hall–Kier alpha value is -1.83. The third-order valence-electron chi connectivity index (χ3n) is 6.04. The summed E-state index contributed by atoms with van der Waals surface area (Å²) in [4.78, 5) is 19.4. The minimum Gasteiger partial charge on any atom is -0.454 e. The van der Waals surface area contributed by atoms with Gasteiger partial charge in [0.25, 0.3) is 0 Å². The number of fused-ring (bicyclic) bond motifs is 1. The number of methoxy groups -OCH3 is 1. The fourth-order valence-electron chi connectivity index (χ4n) is 4.41. The maximum atomic E-state index is 12.3. The molecule has 0 N–H and O–H groups in total. The third kappa shape index (κ3) is 4.59. The van der Waals surface area contributed by atoms with E-state index < -0.39 is 0 Å². The van der Waals surface area contributed by atoms with Gasteiger partial charge in [-0.2, -0.15) is 0 Å². The first kappa shape index (κ1) is 19.5. The van der Waals surface area contributed by atoms with Gasteiger partial charge in [-0.25, -0.2) is 0 Å². The number of amides is 1. The van der Waals surface area contributed by atoms with Crippen molar-refractivity contribution in [1.29, 1.82) is 0 Å². The molecule has 7 heteroatoms. The van der Waals surface area contributed by atoms with Crippen LogP contribution in [0.15, 0.2) is 18.2 Å². The summed E-state index contributed by atoms with van der Waals surface area (Å²) < 4.78 is 15.9. The summed E-state index contributed by atoms with van der Waals surface area (Å²) in [7, 11) is 1.65. The Morgan fingerprint density at radius 3 is 2.79 bits per heavy atom. The Morgan fingerprint density at radius 2 is 1.96 bits per heavy atom. The molecule has 1 aromatic carbocycles. The van der Waals surface area contributed by atoms with Gasteiger partial charge < -0.3 is 19.1 Å². The maximum Gasteiger partial charge on any atom is 0.231 e. The zero-order chi connectivity index (χ0) is 19.3. The SMILES string of the molecule is COCCC(=O)N1CCCC(N2CCN(Cc3ccc4c(c3)OCO4)CC2)C1. The summed E-state index contributed by atoms with van der Waals surface area (Å²) in [5.41, 5.74) is 1.27. The molecule has 154 valence electrons. The second kappa shape index (κ2) is 9.11. The van der Waals surface area contributed by atoms with Crippen LogP contribution in [0.1, 0.15) is 24.8 Å². The Bertz CT molecular complexity index is 676. The lowest BCUT2D eigenvalue weighted by molar-refractivity contribution is -0.134. The molecule has 3 heterocycles. The van der Waals surface area contributed by atoms with Gasteiger partial charge in [0.15, 0.2) is 11.5 Å². The normalized spacial score (nSPS) is 23.2. The first-order chi connectivity index (χ1) is 13.7. The molecule has 3 aliphatic rings. The molecule has 2 saturated heterocycles. The molecule has 1 atom stereocenters. The molecule has 1 unspecified atom stereocenters. The molecule has 4 rings (SSSR count). The zero-order valence-electron chi connectivity index (χ0n) is 16.8. The van der Waals surface area contributed by atoms with Crippen molar-refractivity contribution in [2.45, 2.75) is 31.8 Å². The lowest BCUT2D eigenvalue weighted by Gasteiger charge is -2.43. The molecule has 2 fully saturated rings. The van der Waals surface area contributed by atoms with Crippen LogP contribution in [0.2, 0.25) is 0 Å². The molecular formula is C21H31N3O4. The van der Waals surface area contributed by atoms with Gasteiger partial charge in [0, 0.05) is 59.0 Å². The molecule has 0 saturated carbocycles. The highest BCUT2D eigenvalue weighted by atomic mass is 16.7. The molecule has 1 aromatic rings. The number of carbonyl (C=O) groups excluding carboxylic acids is 1. The van der Waals surface area contributed by atoms with E-state index in [-0.39, 0.29) is 5.91 Å². The molecule has 28 heavy (non-hydrogen) atoms. The van der Waals surface area contributed by atoms with Gasteiger partial charge >= 0.3 is 0 Å².